The Kier molecular flexibility index (Phi) is 12.4. The second kappa shape index (κ2) is 12.4. The lowest BCUT2D eigenvalue weighted by molar-refractivity contribution is -0.149. The molecule has 0 N–H and O–H groups in total. The number of ether oxygens (including phenoxy) is 1. The van der Waals surface area contributed by atoms with E-state index in [1.807, 2.05) is 0 Å². The fourth-order valence-corrected chi connectivity index (χ4v) is 2.16. The minimum Gasteiger partial charge on any atom is -0.465 e. The molecule has 0 amide bonds. The standard InChI is InChI=1S/C14H27BrO2/c1-3-5-12-17-14(16)13(4-2)10-8-6-7-9-11-15/h13H,3-12H2,1-2H3. The maximum Gasteiger partial charge on any atom is 0.308 e. The molecule has 0 saturated carbocycles. The van der Waals surface area contributed by atoms with Gasteiger partial charge in [0.2, 0.25) is 0 Å². The van der Waals surface area contributed by atoms with Crippen LogP contribution in [-0.4, -0.2) is 17.9 Å². The molecule has 0 aliphatic heterocycles. The highest BCUT2D eigenvalue weighted by molar-refractivity contribution is 9.09. The van der Waals surface area contributed by atoms with E-state index in [0.717, 1.165) is 37.4 Å². The number of carbonyl (C=O) groups excluding carboxylic acids is 1. The summed E-state index contributed by atoms with van der Waals surface area (Å²) in [6.07, 6.45) is 8.82. The molecule has 3 heteroatoms. The number of esters is 1. The molecular formula is C14H27BrO2. The largest absolute Gasteiger partial charge is 0.465 e. The summed E-state index contributed by atoms with van der Waals surface area (Å²) in [6.45, 7) is 4.77. The van der Waals surface area contributed by atoms with Gasteiger partial charge in [-0.25, -0.2) is 0 Å². The van der Waals surface area contributed by atoms with E-state index in [1.54, 1.807) is 0 Å². The summed E-state index contributed by atoms with van der Waals surface area (Å²) < 4.78 is 5.27. The monoisotopic (exact) mass is 306 g/mol. The number of alkyl halides is 1. The van der Waals surface area contributed by atoms with E-state index in [9.17, 15) is 4.79 Å². The van der Waals surface area contributed by atoms with Crippen molar-refractivity contribution in [2.75, 3.05) is 11.9 Å². The SMILES string of the molecule is CCCCOC(=O)C(CC)CCCCCCBr. The van der Waals surface area contributed by atoms with Gasteiger partial charge in [-0.2, -0.15) is 0 Å². The first-order valence-electron chi connectivity index (χ1n) is 6.98. The molecule has 102 valence electrons. The molecule has 2 nitrogen and oxygen atoms in total. The second-order valence-electron chi connectivity index (χ2n) is 4.52. The van der Waals surface area contributed by atoms with Crippen molar-refractivity contribution in [3.05, 3.63) is 0 Å². The molecule has 0 aromatic carbocycles. The van der Waals surface area contributed by atoms with Crippen LogP contribution >= 0.6 is 15.9 Å². The molecule has 0 rings (SSSR count). The van der Waals surface area contributed by atoms with E-state index in [0.29, 0.717) is 6.61 Å². The molecule has 0 aromatic rings. The van der Waals surface area contributed by atoms with Crippen LogP contribution in [0.5, 0.6) is 0 Å². The van der Waals surface area contributed by atoms with Gasteiger partial charge in [0.1, 0.15) is 0 Å². The van der Waals surface area contributed by atoms with Crippen molar-refractivity contribution in [1.82, 2.24) is 0 Å². The van der Waals surface area contributed by atoms with Crippen LogP contribution in [0.3, 0.4) is 0 Å². The summed E-state index contributed by atoms with van der Waals surface area (Å²) >= 11 is 3.43. The van der Waals surface area contributed by atoms with E-state index in [2.05, 4.69) is 29.8 Å². The van der Waals surface area contributed by atoms with Gasteiger partial charge in [0.05, 0.1) is 12.5 Å². The quantitative estimate of drug-likeness (QED) is 0.314. The van der Waals surface area contributed by atoms with Crippen molar-refractivity contribution in [3.63, 3.8) is 0 Å². The van der Waals surface area contributed by atoms with Gasteiger partial charge in [-0.1, -0.05) is 55.5 Å². The molecule has 17 heavy (non-hydrogen) atoms. The van der Waals surface area contributed by atoms with Gasteiger partial charge in [-0.15, -0.1) is 0 Å². The molecule has 0 saturated heterocycles. The molecule has 0 aliphatic carbocycles. The molecule has 0 bridgehead atoms. The van der Waals surface area contributed by atoms with Crippen LogP contribution in [0.2, 0.25) is 0 Å². The van der Waals surface area contributed by atoms with Crippen LogP contribution in [0.15, 0.2) is 0 Å². The third-order valence-electron chi connectivity index (χ3n) is 3.00. The van der Waals surface area contributed by atoms with Crippen LogP contribution in [0.4, 0.5) is 0 Å². The number of hydrogen-bond acceptors (Lipinski definition) is 2. The molecule has 0 spiro atoms. The van der Waals surface area contributed by atoms with Crippen LogP contribution in [-0.2, 0) is 9.53 Å². The van der Waals surface area contributed by atoms with Gasteiger partial charge < -0.3 is 4.74 Å². The molecule has 0 aromatic heterocycles. The Hall–Kier alpha value is -0.0500. The van der Waals surface area contributed by atoms with Gasteiger partial charge in [0.15, 0.2) is 0 Å². The summed E-state index contributed by atoms with van der Waals surface area (Å²) in [5.74, 6) is 0.136. The number of hydrogen-bond donors (Lipinski definition) is 0. The minimum atomic E-state index is 0.0152. The summed E-state index contributed by atoms with van der Waals surface area (Å²) in [5.41, 5.74) is 0. The highest BCUT2D eigenvalue weighted by Gasteiger charge is 2.16. The van der Waals surface area contributed by atoms with Crippen molar-refractivity contribution < 1.29 is 9.53 Å². The first-order chi connectivity index (χ1) is 8.26. The molecule has 0 fully saturated rings. The van der Waals surface area contributed by atoms with Crippen molar-refractivity contribution in [1.29, 1.82) is 0 Å². The molecule has 1 atom stereocenters. The number of unbranched alkanes of at least 4 members (excludes halogenated alkanes) is 4. The normalized spacial score (nSPS) is 12.4. The Labute approximate surface area is 115 Å². The zero-order valence-electron chi connectivity index (χ0n) is 11.3. The van der Waals surface area contributed by atoms with Crippen molar-refractivity contribution in [2.24, 2.45) is 5.92 Å². The van der Waals surface area contributed by atoms with Crippen molar-refractivity contribution in [3.8, 4) is 0 Å². The fraction of sp³-hybridized carbons (Fsp3) is 0.929. The lowest BCUT2D eigenvalue weighted by Gasteiger charge is -2.13. The third-order valence-corrected chi connectivity index (χ3v) is 3.57. The maximum atomic E-state index is 11.7. The third kappa shape index (κ3) is 9.63. The summed E-state index contributed by atoms with van der Waals surface area (Å²) in [5, 5.41) is 1.09. The fourth-order valence-electron chi connectivity index (χ4n) is 1.76. The summed E-state index contributed by atoms with van der Waals surface area (Å²) in [4.78, 5) is 11.7. The van der Waals surface area contributed by atoms with Gasteiger partial charge in [0.25, 0.3) is 0 Å². The Balaban J connectivity index is 3.62. The van der Waals surface area contributed by atoms with Crippen LogP contribution in [0.25, 0.3) is 0 Å². The van der Waals surface area contributed by atoms with E-state index >= 15 is 0 Å². The number of halogens is 1. The highest BCUT2D eigenvalue weighted by Crippen LogP contribution is 2.16. The zero-order chi connectivity index (χ0) is 12.9. The van der Waals surface area contributed by atoms with E-state index in [1.165, 1.54) is 19.3 Å². The average Bonchev–Trinajstić information content (AvgIpc) is 2.34. The maximum absolute atomic E-state index is 11.7. The van der Waals surface area contributed by atoms with E-state index in [4.69, 9.17) is 4.74 Å². The Bertz CT molecular complexity index is 183. The second-order valence-corrected chi connectivity index (χ2v) is 5.31. The van der Waals surface area contributed by atoms with Crippen LogP contribution < -0.4 is 0 Å². The lowest BCUT2D eigenvalue weighted by Crippen LogP contribution is -2.17. The molecule has 0 aliphatic rings. The summed E-state index contributed by atoms with van der Waals surface area (Å²) in [6, 6.07) is 0. The molecule has 0 radical (unpaired) electrons. The predicted octanol–water partition coefficient (Wildman–Crippen LogP) is 4.70. The van der Waals surface area contributed by atoms with Gasteiger partial charge in [0, 0.05) is 5.33 Å². The predicted molar refractivity (Wildman–Crippen MR) is 76.5 cm³/mol. The Morgan fingerprint density at radius 2 is 1.82 bits per heavy atom. The Morgan fingerprint density at radius 3 is 2.41 bits per heavy atom. The zero-order valence-corrected chi connectivity index (χ0v) is 12.9. The topological polar surface area (TPSA) is 26.3 Å². The van der Waals surface area contributed by atoms with Crippen LogP contribution in [0.1, 0.15) is 65.2 Å². The smallest absolute Gasteiger partial charge is 0.308 e. The highest BCUT2D eigenvalue weighted by atomic mass is 79.9. The van der Waals surface area contributed by atoms with Gasteiger partial charge in [-0.05, 0) is 25.7 Å². The molecular weight excluding hydrogens is 280 g/mol. The van der Waals surface area contributed by atoms with Crippen molar-refractivity contribution >= 4 is 21.9 Å². The summed E-state index contributed by atoms with van der Waals surface area (Å²) in [7, 11) is 0. The van der Waals surface area contributed by atoms with Crippen LogP contribution in [0, 0.1) is 5.92 Å². The van der Waals surface area contributed by atoms with E-state index < -0.39 is 0 Å². The average molecular weight is 307 g/mol. The van der Waals surface area contributed by atoms with Crippen molar-refractivity contribution in [2.45, 2.75) is 65.2 Å². The molecule has 1 unspecified atom stereocenters. The van der Waals surface area contributed by atoms with E-state index in [-0.39, 0.29) is 11.9 Å². The minimum absolute atomic E-state index is 0.0152. The van der Waals surface area contributed by atoms with Gasteiger partial charge in [-0.3, -0.25) is 4.79 Å². The first kappa shape index (κ1) is 16.9. The number of carbonyl (C=O) groups is 1. The Morgan fingerprint density at radius 1 is 1.12 bits per heavy atom. The van der Waals surface area contributed by atoms with Gasteiger partial charge >= 0.3 is 5.97 Å². The first-order valence-corrected chi connectivity index (χ1v) is 8.11. The lowest BCUT2D eigenvalue weighted by atomic mass is 9.98. The molecule has 0 heterocycles. The number of rotatable bonds is 11.